The van der Waals surface area contributed by atoms with Crippen LogP contribution in [0, 0.1) is 12.8 Å². The summed E-state index contributed by atoms with van der Waals surface area (Å²) < 4.78 is 5.39. The number of nitrogens with one attached hydrogen (secondary N) is 1. The Labute approximate surface area is 126 Å². The van der Waals surface area contributed by atoms with Gasteiger partial charge in [-0.2, -0.15) is 4.98 Å². The number of nitrogens with zero attached hydrogens (tertiary/aromatic N) is 2. The largest absolute Gasteiger partial charge is 0.481 e. The summed E-state index contributed by atoms with van der Waals surface area (Å²) in [6.45, 7) is 8.11. The van der Waals surface area contributed by atoms with Gasteiger partial charge in [-0.15, -0.1) is 0 Å². The van der Waals surface area contributed by atoms with Crippen molar-refractivity contribution in [1.82, 2.24) is 9.97 Å². The number of carboxylic acid groups (broad SMARTS) is 1. The highest BCUT2D eigenvalue weighted by atomic mass is 16.5. The molecule has 0 spiro atoms. The van der Waals surface area contributed by atoms with E-state index in [1.807, 2.05) is 13.8 Å². The minimum absolute atomic E-state index is 0.217. The van der Waals surface area contributed by atoms with E-state index in [0.29, 0.717) is 24.7 Å². The van der Waals surface area contributed by atoms with Gasteiger partial charge in [0.15, 0.2) is 0 Å². The Balaban J connectivity index is 2.47. The standard InChI is InChI=1S/C15H25N3O3/c1-5-21-14-9-13(17-12(4)18-14)16-11(3)8-6-7-10(2)15(19)20/h9-11H,5-8H2,1-4H3,(H,19,20)(H,16,17,18). The van der Waals surface area contributed by atoms with Crippen molar-refractivity contribution in [2.24, 2.45) is 5.92 Å². The Kier molecular flexibility index (Phi) is 6.91. The number of ether oxygens (including phenoxy) is 1. The molecule has 2 atom stereocenters. The smallest absolute Gasteiger partial charge is 0.306 e. The van der Waals surface area contributed by atoms with Gasteiger partial charge in [-0.1, -0.05) is 13.3 Å². The molecule has 0 aliphatic rings. The Morgan fingerprint density at radius 1 is 1.38 bits per heavy atom. The number of anilines is 1. The molecule has 1 heterocycles. The predicted octanol–water partition coefficient (Wildman–Crippen LogP) is 2.88. The fourth-order valence-corrected chi connectivity index (χ4v) is 2.01. The molecule has 0 fully saturated rings. The van der Waals surface area contributed by atoms with E-state index in [2.05, 4.69) is 22.2 Å². The highest BCUT2D eigenvalue weighted by Crippen LogP contribution is 2.16. The normalized spacial score (nSPS) is 13.5. The van der Waals surface area contributed by atoms with E-state index in [0.717, 1.165) is 18.7 Å². The summed E-state index contributed by atoms with van der Waals surface area (Å²) >= 11 is 0. The van der Waals surface area contributed by atoms with Gasteiger partial charge in [0.1, 0.15) is 11.6 Å². The predicted molar refractivity (Wildman–Crippen MR) is 81.7 cm³/mol. The molecule has 118 valence electrons. The summed E-state index contributed by atoms with van der Waals surface area (Å²) in [5, 5.41) is 12.2. The second-order valence-electron chi connectivity index (χ2n) is 5.29. The lowest BCUT2D eigenvalue weighted by Crippen LogP contribution is -2.17. The van der Waals surface area contributed by atoms with Crippen molar-refractivity contribution in [3.63, 3.8) is 0 Å². The summed E-state index contributed by atoms with van der Waals surface area (Å²) in [6.07, 6.45) is 2.45. The number of rotatable bonds is 9. The molecule has 0 amide bonds. The molecule has 0 bridgehead atoms. The molecule has 0 saturated heterocycles. The van der Waals surface area contributed by atoms with Crippen molar-refractivity contribution in [2.45, 2.75) is 53.0 Å². The monoisotopic (exact) mass is 295 g/mol. The number of aryl methyl sites for hydroxylation is 1. The van der Waals surface area contributed by atoms with Gasteiger partial charge in [-0.3, -0.25) is 4.79 Å². The van der Waals surface area contributed by atoms with E-state index in [1.165, 1.54) is 0 Å². The zero-order chi connectivity index (χ0) is 15.8. The molecule has 6 nitrogen and oxygen atoms in total. The van der Waals surface area contributed by atoms with Gasteiger partial charge in [0.05, 0.1) is 12.5 Å². The van der Waals surface area contributed by atoms with Gasteiger partial charge in [0, 0.05) is 12.1 Å². The molecule has 2 N–H and O–H groups in total. The maximum Gasteiger partial charge on any atom is 0.306 e. The summed E-state index contributed by atoms with van der Waals surface area (Å²) in [6, 6.07) is 2.00. The van der Waals surface area contributed by atoms with Crippen molar-refractivity contribution in [1.29, 1.82) is 0 Å². The average molecular weight is 295 g/mol. The van der Waals surface area contributed by atoms with Crippen LogP contribution in [0.25, 0.3) is 0 Å². The van der Waals surface area contributed by atoms with Gasteiger partial charge < -0.3 is 15.2 Å². The Morgan fingerprint density at radius 3 is 2.71 bits per heavy atom. The molecule has 0 saturated carbocycles. The van der Waals surface area contributed by atoms with Crippen molar-refractivity contribution < 1.29 is 14.6 Å². The van der Waals surface area contributed by atoms with Crippen LogP contribution in [-0.2, 0) is 4.79 Å². The van der Waals surface area contributed by atoms with Crippen molar-refractivity contribution >= 4 is 11.8 Å². The first-order valence-corrected chi connectivity index (χ1v) is 7.40. The SMILES string of the molecule is CCOc1cc(NC(C)CCCC(C)C(=O)O)nc(C)n1. The van der Waals surface area contributed by atoms with E-state index in [-0.39, 0.29) is 12.0 Å². The first-order chi connectivity index (χ1) is 9.92. The topological polar surface area (TPSA) is 84.3 Å². The fourth-order valence-electron chi connectivity index (χ4n) is 2.01. The maximum atomic E-state index is 10.8. The van der Waals surface area contributed by atoms with E-state index in [1.54, 1.807) is 13.0 Å². The summed E-state index contributed by atoms with van der Waals surface area (Å²) in [5.74, 6) is 0.950. The van der Waals surface area contributed by atoms with Gasteiger partial charge in [0.2, 0.25) is 5.88 Å². The lowest BCUT2D eigenvalue weighted by atomic mass is 10.0. The van der Waals surface area contributed by atoms with Crippen LogP contribution in [0.3, 0.4) is 0 Å². The molecule has 1 aromatic rings. The minimum Gasteiger partial charge on any atom is -0.481 e. The van der Waals surface area contributed by atoms with E-state index >= 15 is 0 Å². The lowest BCUT2D eigenvalue weighted by Gasteiger charge is -2.16. The summed E-state index contributed by atoms with van der Waals surface area (Å²) in [5.41, 5.74) is 0. The molecule has 21 heavy (non-hydrogen) atoms. The van der Waals surface area contributed by atoms with Crippen LogP contribution in [-0.4, -0.2) is 33.7 Å². The van der Waals surface area contributed by atoms with Crippen molar-refractivity contribution in [3.05, 3.63) is 11.9 Å². The molecular weight excluding hydrogens is 270 g/mol. The minimum atomic E-state index is -0.733. The quantitative estimate of drug-likeness (QED) is 0.728. The van der Waals surface area contributed by atoms with Crippen molar-refractivity contribution in [2.75, 3.05) is 11.9 Å². The summed E-state index contributed by atoms with van der Waals surface area (Å²) in [4.78, 5) is 19.3. The third kappa shape index (κ3) is 6.42. The lowest BCUT2D eigenvalue weighted by molar-refractivity contribution is -0.141. The first-order valence-electron chi connectivity index (χ1n) is 7.40. The molecule has 0 aliphatic carbocycles. The van der Waals surface area contributed by atoms with Crippen LogP contribution in [0.5, 0.6) is 5.88 Å². The maximum absolute atomic E-state index is 10.8. The molecular formula is C15H25N3O3. The van der Waals surface area contributed by atoms with E-state index in [9.17, 15) is 4.79 Å². The summed E-state index contributed by atoms with van der Waals surface area (Å²) in [7, 11) is 0. The molecule has 0 radical (unpaired) electrons. The molecule has 6 heteroatoms. The molecule has 1 aromatic heterocycles. The fraction of sp³-hybridized carbons (Fsp3) is 0.667. The number of carboxylic acids is 1. The van der Waals surface area contributed by atoms with Gasteiger partial charge in [0.25, 0.3) is 0 Å². The molecule has 0 aliphatic heterocycles. The van der Waals surface area contributed by atoms with Gasteiger partial charge >= 0.3 is 5.97 Å². The third-order valence-electron chi connectivity index (χ3n) is 3.20. The van der Waals surface area contributed by atoms with E-state index < -0.39 is 5.97 Å². The third-order valence-corrected chi connectivity index (χ3v) is 3.20. The Bertz CT molecular complexity index is 465. The molecule has 2 unspecified atom stereocenters. The van der Waals surface area contributed by atoms with Crippen LogP contribution in [0.4, 0.5) is 5.82 Å². The number of hydrogen-bond donors (Lipinski definition) is 2. The number of aromatic nitrogens is 2. The highest BCUT2D eigenvalue weighted by molar-refractivity contribution is 5.69. The van der Waals surface area contributed by atoms with Crippen LogP contribution in [0.2, 0.25) is 0 Å². The number of aliphatic carboxylic acids is 1. The van der Waals surface area contributed by atoms with Crippen LogP contribution < -0.4 is 10.1 Å². The first kappa shape index (κ1) is 17.2. The molecule has 1 rings (SSSR count). The average Bonchev–Trinajstić information content (AvgIpc) is 2.37. The highest BCUT2D eigenvalue weighted by Gasteiger charge is 2.12. The number of carbonyl (C=O) groups is 1. The Hall–Kier alpha value is -1.85. The zero-order valence-corrected chi connectivity index (χ0v) is 13.2. The second kappa shape index (κ2) is 8.44. The van der Waals surface area contributed by atoms with E-state index in [4.69, 9.17) is 9.84 Å². The van der Waals surface area contributed by atoms with Crippen molar-refractivity contribution in [3.8, 4) is 5.88 Å². The Morgan fingerprint density at radius 2 is 2.10 bits per heavy atom. The van der Waals surface area contributed by atoms with Crippen LogP contribution in [0.1, 0.15) is 45.9 Å². The second-order valence-corrected chi connectivity index (χ2v) is 5.29. The van der Waals surface area contributed by atoms with Crippen LogP contribution >= 0.6 is 0 Å². The van der Waals surface area contributed by atoms with Crippen LogP contribution in [0.15, 0.2) is 6.07 Å². The van der Waals surface area contributed by atoms with Gasteiger partial charge in [-0.05, 0) is 33.6 Å². The number of hydrogen-bond acceptors (Lipinski definition) is 5. The van der Waals surface area contributed by atoms with Gasteiger partial charge in [-0.25, -0.2) is 4.98 Å². The zero-order valence-electron chi connectivity index (χ0n) is 13.2. The molecule has 0 aromatic carbocycles.